The van der Waals surface area contributed by atoms with E-state index in [2.05, 4.69) is 100 Å². The number of carboxylic acid groups (broad SMARTS) is 1. The third-order valence-corrected chi connectivity index (χ3v) is 14.4. The molecule has 4 fully saturated rings. The highest BCUT2D eigenvalue weighted by Gasteiger charge is 2.70. The van der Waals surface area contributed by atoms with Gasteiger partial charge in [-0.05, 0) is 146 Å². The predicted molar refractivity (Wildman–Crippen MR) is 194 cm³/mol. The second-order valence-electron chi connectivity index (χ2n) is 18.3. The van der Waals surface area contributed by atoms with Gasteiger partial charge in [0.2, 0.25) is 0 Å². The lowest BCUT2D eigenvalue weighted by atomic mass is 9.36. The fraction of sp³-hybridized carbons (Fsp3) is 0.698. The number of ether oxygens (including phenoxy) is 1. The number of rotatable bonds is 7. The SMILES string of the molecule is C=C(C)OC1C[C@@]2(C)[C@@H](C[C@@H](O)[C@H]3[C@@]4(C)CC[C@@H](C)[C@H](C)[C@@H]4CC[C@@]32C)/C1=C(/CCC(=C(C)C)c1ccc(C(C)(C)C)cc1)C(=O)O. The minimum atomic E-state index is -0.858. The van der Waals surface area contributed by atoms with Gasteiger partial charge >= 0.3 is 5.97 Å². The Bertz CT molecular complexity index is 1440. The number of hydrogen-bond acceptors (Lipinski definition) is 3. The molecule has 1 unspecified atom stereocenters. The van der Waals surface area contributed by atoms with Crippen LogP contribution in [0.5, 0.6) is 0 Å². The van der Waals surface area contributed by atoms with Crippen molar-refractivity contribution >= 4 is 11.5 Å². The summed E-state index contributed by atoms with van der Waals surface area (Å²) in [6.45, 7) is 29.1. The van der Waals surface area contributed by atoms with E-state index in [1.807, 2.05) is 6.92 Å². The van der Waals surface area contributed by atoms with E-state index in [0.29, 0.717) is 42.4 Å². The second kappa shape index (κ2) is 12.5. The minimum absolute atomic E-state index is 0.0458. The van der Waals surface area contributed by atoms with Gasteiger partial charge in [-0.3, -0.25) is 0 Å². The van der Waals surface area contributed by atoms with E-state index < -0.39 is 12.1 Å². The second-order valence-corrected chi connectivity index (χ2v) is 18.3. The molecule has 0 bridgehead atoms. The van der Waals surface area contributed by atoms with Crippen LogP contribution in [0.25, 0.3) is 5.57 Å². The first-order valence-corrected chi connectivity index (χ1v) is 18.5. The Morgan fingerprint density at radius 1 is 0.979 bits per heavy atom. The van der Waals surface area contributed by atoms with Crippen LogP contribution < -0.4 is 0 Å². The van der Waals surface area contributed by atoms with E-state index in [1.54, 1.807) is 0 Å². The van der Waals surface area contributed by atoms with Gasteiger partial charge in [-0.25, -0.2) is 4.79 Å². The summed E-state index contributed by atoms with van der Waals surface area (Å²) in [5.41, 5.74) is 6.09. The highest BCUT2D eigenvalue weighted by atomic mass is 16.5. The van der Waals surface area contributed by atoms with E-state index in [-0.39, 0.29) is 39.6 Å². The first-order valence-electron chi connectivity index (χ1n) is 18.5. The van der Waals surface area contributed by atoms with Crippen molar-refractivity contribution < 1.29 is 19.7 Å². The van der Waals surface area contributed by atoms with Crippen molar-refractivity contribution in [1.29, 1.82) is 0 Å². The van der Waals surface area contributed by atoms with Gasteiger partial charge in [0.05, 0.1) is 11.9 Å². The Kier molecular flexibility index (Phi) is 9.59. The molecule has 2 N–H and O–H groups in total. The van der Waals surface area contributed by atoms with Crippen molar-refractivity contribution in [3.63, 3.8) is 0 Å². The molecule has 10 atom stereocenters. The first-order chi connectivity index (χ1) is 21.8. The molecule has 5 rings (SSSR count). The molecular formula is C43H64O4. The van der Waals surface area contributed by atoms with Gasteiger partial charge in [-0.1, -0.05) is 91.8 Å². The number of fused-ring (bicyclic) bond motifs is 5. The van der Waals surface area contributed by atoms with Crippen LogP contribution in [0, 0.1) is 45.8 Å². The van der Waals surface area contributed by atoms with Crippen LogP contribution in [0.4, 0.5) is 0 Å². The van der Waals surface area contributed by atoms with Crippen molar-refractivity contribution in [3.8, 4) is 0 Å². The summed E-state index contributed by atoms with van der Waals surface area (Å²) >= 11 is 0. The topological polar surface area (TPSA) is 66.8 Å². The molecule has 0 radical (unpaired) electrons. The van der Waals surface area contributed by atoms with Crippen molar-refractivity contribution in [2.75, 3.05) is 0 Å². The van der Waals surface area contributed by atoms with Gasteiger partial charge in [-0.15, -0.1) is 0 Å². The fourth-order valence-electron chi connectivity index (χ4n) is 11.6. The number of carboxylic acids is 1. The lowest BCUT2D eigenvalue weighted by Crippen LogP contribution is -2.65. The molecule has 4 nitrogen and oxygen atoms in total. The van der Waals surface area contributed by atoms with E-state index in [0.717, 1.165) is 36.3 Å². The largest absolute Gasteiger partial charge is 0.491 e. The van der Waals surface area contributed by atoms with Gasteiger partial charge in [0.25, 0.3) is 0 Å². The van der Waals surface area contributed by atoms with Crippen molar-refractivity contribution in [3.05, 3.63) is 64.4 Å². The third-order valence-electron chi connectivity index (χ3n) is 14.4. The Labute approximate surface area is 286 Å². The summed E-state index contributed by atoms with van der Waals surface area (Å²) in [6.07, 6.45) is 6.28. The van der Waals surface area contributed by atoms with Gasteiger partial charge in [0, 0.05) is 5.57 Å². The van der Waals surface area contributed by atoms with Crippen LogP contribution in [0.3, 0.4) is 0 Å². The molecule has 0 heterocycles. The van der Waals surface area contributed by atoms with Crippen LogP contribution >= 0.6 is 0 Å². The van der Waals surface area contributed by atoms with Gasteiger partial charge in [0.15, 0.2) is 0 Å². The Morgan fingerprint density at radius 3 is 2.17 bits per heavy atom. The standard InChI is InChI=1S/C43H64O4/c1-25(2)31(29-13-15-30(16-14-29)40(7,8)9)17-18-32(39(45)46)37-34-23-35(44)38-41(10)21-19-27(5)28(6)33(41)20-22-42(38,11)43(34,12)24-36(37)47-26(3)4/h13-16,27-28,33-36,38,44H,3,17-24H2,1-2,4-12H3,(H,45,46)/b37-32+/t27-,28+,33+,34+,35-,36?,38+,41+,42+,43+/m1/s1. The van der Waals surface area contributed by atoms with Crippen molar-refractivity contribution in [2.24, 2.45) is 45.8 Å². The van der Waals surface area contributed by atoms with Crippen LogP contribution in [-0.4, -0.2) is 28.4 Å². The van der Waals surface area contributed by atoms with Gasteiger partial charge in [-0.2, -0.15) is 0 Å². The van der Waals surface area contributed by atoms with E-state index in [4.69, 9.17) is 4.74 Å². The summed E-state index contributed by atoms with van der Waals surface area (Å²) < 4.78 is 6.51. The average molecular weight is 645 g/mol. The van der Waals surface area contributed by atoms with E-state index >= 15 is 0 Å². The predicted octanol–water partition coefficient (Wildman–Crippen LogP) is 10.8. The molecular weight excluding hydrogens is 580 g/mol. The van der Waals surface area contributed by atoms with Gasteiger partial charge < -0.3 is 14.9 Å². The average Bonchev–Trinajstić information content (AvgIpc) is 3.23. The lowest BCUT2D eigenvalue weighted by Gasteiger charge is -2.69. The maximum absolute atomic E-state index is 13.3. The Hall–Kier alpha value is -2.33. The molecule has 0 saturated heterocycles. The number of hydrogen-bond donors (Lipinski definition) is 2. The molecule has 4 saturated carbocycles. The molecule has 0 spiro atoms. The molecule has 1 aromatic rings. The number of aliphatic hydroxyl groups is 1. The maximum Gasteiger partial charge on any atom is 0.331 e. The molecule has 4 heteroatoms. The van der Waals surface area contributed by atoms with Gasteiger partial charge in [0.1, 0.15) is 6.10 Å². The number of carbonyl (C=O) groups is 1. The molecule has 4 aliphatic rings. The van der Waals surface area contributed by atoms with Crippen LogP contribution in [-0.2, 0) is 14.9 Å². The molecule has 0 aromatic heterocycles. The summed E-state index contributed by atoms with van der Waals surface area (Å²) in [5.74, 6) is 1.90. The Balaban J connectivity index is 1.55. The molecule has 260 valence electrons. The number of benzene rings is 1. The molecule has 0 amide bonds. The Morgan fingerprint density at radius 2 is 1.62 bits per heavy atom. The summed E-state index contributed by atoms with van der Waals surface area (Å²) in [4.78, 5) is 13.3. The zero-order chi connectivity index (χ0) is 34.9. The molecule has 0 aliphatic heterocycles. The molecule has 47 heavy (non-hydrogen) atoms. The summed E-state index contributed by atoms with van der Waals surface area (Å²) in [6, 6.07) is 8.80. The third kappa shape index (κ3) is 5.97. The fourth-order valence-corrected chi connectivity index (χ4v) is 11.6. The summed E-state index contributed by atoms with van der Waals surface area (Å²) in [7, 11) is 0. The molecule has 4 aliphatic carbocycles. The van der Waals surface area contributed by atoms with Crippen LogP contribution in [0.15, 0.2) is 53.3 Å². The lowest BCUT2D eigenvalue weighted by molar-refractivity contribution is -0.229. The van der Waals surface area contributed by atoms with Crippen LogP contribution in [0.1, 0.15) is 139 Å². The smallest absolute Gasteiger partial charge is 0.331 e. The van der Waals surface area contributed by atoms with E-state index in [9.17, 15) is 15.0 Å². The quantitative estimate of drug-likeness (QED) is 0.229. The molecule has 1 aromatic carbocycles. The monoisotopic (exact) mass is 644 g/mol. The van der Waals surface area contributed by atoms with Crippen molar-refractivity contribution in [2.45, 2.75) is 145 Å². The first kappa shape index (κ1) is 36.0. The summed E-state index contributed by atoms with van der Waals surface area (Å²) in [5, 5.41) is 23.2. The normalized spacial score (nSPS) is 39.3. The number of allylic oxidation sites excluding steroid dienone is 3. The maximum atomic E-state index is 13.3. The highest BCUT2D eigenvalue weighted by molar-refractivity contribution is 5.88. The van der Waals surface area contributed by atoms with Crippen LogP contribution in [0.2, 0.25) is 0 Å². The minimum Gasteiger partial charge on any atom is -0.491 e. The zero-order valence-electron chi connectivity index (χ0n) is 31.4. The highest BCUT2D eigenvalue weighted by Crippen LogP contribution is 2.74. The van der Waals surface area contributed by atoms with Crippen molar-refractivity contribution in [1.82, 2.24) is 0 Å². The number of aliphatic carboxylic acids is 1. The zero-order valence-corrected chi connectivity index (χ0v) is 31.4. The van der Waals surface area contributed by atoms with E-state index in [1.165, 1.54) is 29.6 Å². The number of aliphatic hydroxyl groups excluding tert-OH is 1.